The third kappa shape index (κ3) is 7.75. The molecule has 0 saturated heterocycles. The number of aliphatic carboxylic acids is 2. The molecular formula is C56H45N3O5S3. The topological polar surface area (TPSA) is 104 Å². The molecule has 0 aliphatic carbocycles. The SMILES string of the molecule is [C-]#[N+]/C(C(=O)O)=c1\s/c(=C/c2cc3c(cc2-c2ccccc2)sc2c4cc(-c5ccc6c(c5)C(C)(C)c5ccccc5N6CCCCCC)c(-c5ccccc5)cc4sc32)c(=O)n1CC(=O)O. The summed E-state index contributed by atoms with van der Waals surface area (Å²) in [7, 11) is 0. The van der Waals surface area contributed by atoms with Crippen LogP contribution in [-0.2, 0) is 21.5 Å². The van der Waals surface area contributed by atoms with Gasteiger partial charge in [0.15, 0.2) is 0 Å². The largest absolute Gasteiger partial charge is 0.486 e. The van der Waals surface area contributed by atoms with Crippen molar-refractivity contribution in [1.82, 2.24) is 4.57 Å². The van der Waals surface area contributed by atoms with Crippen LogP contribution < -0.4 is 19.7 Å². The quantitative estimate of drug-likeness (QED) is 0.0934. The van der Waals surface area contributed by atoms with E-state index in [0.717, 1.165) is 91.8 Å². The monoisotopic (exact) mass is 935 g/mol. The Morgan fingerprint density at radius 1 is 0.687 bits per heavy atom. The van der Waals surface area contributed by atoms with E-state index in [1.165, 1.54) is 41.8 Å². The van der Waals surface area contributed by atoms with E-state index in [2.05, 4.69) is 122 Å². The first-order valence-corrected chi connectivity index (χ1v) is 24.8. The number of fused-ring (bicyclic) bond motifs is 7. The lowest BCUT2D eigenvalue weighted by molar-refractivity contribution is -0.138. The highest BCUT2D eigenvalue weighted by atomic mass is 32.1. The first-order valence-electron chi connectivity index (χ1n) is 22.3. The second-order valence-corrected chi connectivity index (χ2v) is 20.6. The van der Waals surface area contributed by atoms with Crippen molar-refractivity contribution in [2.75, 3.05) is 11.4 Å². The summed E-state index contributed by atoms with van der Waals surface area (Å²) in [6.45, 7) is 14.7. The molecule has 8 nitrogen and oxygen atoms in total. The van der Waals surface area contributed by atoms with E-state index in [-0.39, 0.29) is 14.6 Å². The van der Waals surface area contributed by atoms with Gasteiger partial charge in [0.2, 0.25) is 0 Å². The first kappa shape index (κ1) is 43.8. The number of hydrogen-bond acceptors (Lipinski definition) is 7. The predicted octanol–water partition coefficient (Wildman–Crippen LogP) is 12.9. The van der Waals surface area contributed by atoms with Crippen molar-refractivity contribution < 1.29 is 19.8 Å². The number of nitrogens with zero attached hydrogens (tertiary/aromatic N) is 3. The van der Waals surface area contributed by atoms with Crippen molar-refractivity contribution in [2.45, 2.75) is 58.4 Å². The molecule has 2 N–H and O–H groups in total. The maximum Gasteiger partial charge on any atom is 0.336 e. The minimum atomic E-state index is -1.53. The summed E-state index contributed by atoms with van der Waals surface area (Å²) in [4.78, 5) is 43.5. The zero-order valence-electron chi connectivity index (χ0n) is 37.1. The molecule has 0 bridgehead atoms. The molecule has 11 heteroatoms. The number of carboxylic acid groups (broad SMARTS) is 2. The van der Waals surface area contributed by atoms with Gasteiger partial charge in [0, 0.05) is 43.5 Å². The fourth-order valence-electron chi connectivity index (χ4n) is 9.64. The van der Waals surface area contributed by atoms with Crippen LogP contribution in [0.15, 0.2) is 132 Å². The molecule has 332 valence electrons. The van der Waals surface area contributed by atoms with Gasteiger partial charge in [-0.2, -0.15) is 0 Å². The lowest BCUT2D eigenvalue weighted by Gasteiger charge is -2.42. The van der Waals surface area contributed by atoms with Gasteiger partial charge < -0.3 is 15.1 Å². The molecule has 0 unspecified atom stereocenters. The number of rotatable bonds is 12. The molecule has 67 heavy (non-hydrogen) atoms. The molecule has 6 aromatic carbocycles. The number of aromatic nitrogens is 1. The molecule has 0 spiro atoms. The Hall–Kier alpha value is -7.10. The van der Waals surface area contributed by atoms with Crippen LogP contribution >= 0.6 is 34.0 Å². The Morgan fingerprint density at radius 2 is 1.30 bits per heavy atom. The number of benzene rings is 6. The van der Waals surface area contributed by atoms with Crippen LogP contribution in [0.1, 0.15) is 63.1 Å². The summed E-state index contributed by atoms with van der Waals surface area (Å²) in [5.41, 5.74) is 10.7. The van der Waals surface area contributed by atoms with E-state index in [9.17, 15) is 24.6 Å². The van der Waals surface area contributed by atoms with Crippen LogP contribution in [-0.4, -0.2) is 33.3 Å². The van der Waals surface area contributed by atoms with E-state index in [0.29, 0.717) is 5.56 Å². The lowest BCUT2D eigenvalue weighted by Crippen LogP contribution is -2.35. The summed E-state index contributed by atoms with van der Waals surface area (Å²) in [5, 5.41) is 21.7. The van der Waals surface area contributed by atoms with E-state index < -0.39 is 29.7 Å². The summed E-state index contributed by atoms with van der Waals surface area (Å²) < 4.78 is 5.30. The van der Waals surface area contributed by atoms with Crippen molar-refractivity contribution in [3.8, 4) is 33.4 Å². The minimum Gasteiger partial charge on any atom is -0.486 e. The second kappa shape index (κ2) is 17.6. The molecule has 4 heterocycles. The number of anilines is 2. The number of thiazole rings is 1. The van der Waals surface area contributed by atoms with E-state index in [1.807, 2.05) is 36.4 Å². The molecule has 10 rings (SSSR count). The van der Waals surface area contributed by atoms with Crippen molar-refractivity contribution in [3.63, 3.8) is 0 Å². The van der Waals surface area contributed by atoms with Crippen molar-refractivity contribution in [1.29, 1.82) is 0 Å². The van der Waals surface area contributed by atoms with E-state index in [4.69, 9.17) is 6.57 Å². The van der Waals surface area contributed by atoms with E-state index in [1.54, 1.807) is 28.7 Å². The minimum absolute atomic E-state index is 0.131. The lowest BCUT2D eigenvalue weighted by atomic mass is 9.72. The van der Waals surface area contributed by atoms with Crippen molar-refractivity contribution >= 4 is 98.7 Å². The smallest absolute Gasteiger partial charge is 0.336 e. The van der Waals surface area contributed by atoms with Crippen LogP contribution in [0.4, 0.5) is 11.4 Å². The van der Waals surface area contributed by atoms with Crippen molar-refractivity contribution in [2.24, 2.45) is 0 Å². The van der Waals surface area contributed by atoms with Gasteiger partial charge in [0.25, 0.3) is 5.56 Å². The fraction of sp³-hybridized carbons (Fsp3) is 0.179. The Morgan fingerprint density at radius 3 is 1.96 bits per heavy atom. The summed E-state index contributed by atoms with van der Waals surface area (Å²) >= 11 is 4.29. The number of thiophene rings is 2. The number of para-hydroxylation sites is 1. The van der Waals surface area contributed by atoms with Gasteiger partial charge in [0.05, 0.1) is 20.5 Å². The molecule has 3 aromatic heterocycles. The molecule has 9 aromatic rings. The van der Waals surface area contributed by atoms with Gasteiger partial charge in [-0.15, -0.1) is 34.0 Å². The molecule has 0 amide bonds. The highest BCUT2D eigenvalue weighted by molar-refractivity contribution is 7.36. The van der Waals surface area contributed by atoms with Gasteiger partial charge in [0.1, 0.15) is 11.2 Å². The maximum absolute atomic E-state index is 13.9. The highest BCUT2D eigenvalue weighted by Gasteiger charge is 2.36. The van der Waals surface area contributed by atoms with Gasteiger partial charge >= 0.3 is 17.6 Å². The maximum atomic E-state index is 13.9. The van der Waals surface area contributed by atoms with Gasteiger partial charge in [-0.3, -0.25) is 19.0 Å². The number of carboxylic acids is 2. The van der Waals surface area contributed by atoms with Gasteiger partial charge in [-0.1, -0.05) is 125 Å². The molecule has 1 aliphatic heterocycles. The van der Waals surface area contributed by atoms with Crippen LogP contribution in [0.5, 0.6) is 0 Å². The fourth-order valence-corrected chi connectivity index (χ4v) is 13.4. The van der Waals surface area contributed by atoms with Crippen LogP contribution in [0.25, 0.3) is 79.6 Å². The second-order valence-electron chi connectivity index (χ2n) is 17.5. The highest BCUT2D eigenvalue weighted by Crippen LogP contribution is 2.52. The van der Waals surface area contributed by atoms with Gasteiger partial charge in [-0.25, -0.2) is 4.85 Å². The third-order valence-electron chi connectivity index (χ3n) is 12.9. The standard InChI is InChI=1S/C56H45N3O5S3/c1-5-6-7-16-25-58-44-22-15-14-21-42(44)56(2,3)43-27-35(23-24-45(43)58)38-29-41-47(31-39(38)34-19-12-9-13-20-34)66-51-40-26-36(37(30-46(40)65-52(41)51)33-17-10-8-11-18-33)28-48-53(62)59(32-49(60)61)54(67-48)50(57-4)55(63)64/h8-15,17-24,26-31H,5-7,16,25,32H2,1-3H3,(H,60,61)(H,63,64)/b48-28+,54-50-. The Kier molecular flexibility index (Phi) is 11.5. The zero-order chi connectivity index (χ0) is 46.6. The number of unbranched alkanes of at least 4 members (excludes halogenated alkanes) is 3. The Labute approximate surface area is 399 Å². The molecule has 1 aliphatic rings. The average molecular weight is 936 g/mol. The molecule has 0 saturated carbocycles. The van der Waals surface area contributed by atoms with Crippen LogP contribution in [0.2, 0.25) is 0 Å². The molecule has 0 atom stereocenters. The van der Waals surface area contributed by atoms with Crippen LogP contribution in [0.3, 0.4) is 0 Å². The van der Waals surface area contributed by atoms with Gasteiger partial charge in [-0.05, 0) is 105 Å². The van der Waals surface area contributed by atoms with Crippen LogP contribution in [0, 0.1) is 6.57 Å². The molecule has 0 radical (unpaired) electrons. The number of hydrogen-bond donors (Lipinski definition) is 2. The first-order chi connectivity index (χ1) is 32.5. The Balaban J connectivity index is 1.19. The van der Waals surface area contributed by atoms with E-state index >= 15 is 0 Å². The Bertz CT molecular complexity index is 3690. The number of carbonyl (C=O) groups is 2. The summed E-state index contributed by atoms with van der Waals surface area (Å²) in [5.74, 6) is -2.85. The van der Waals surface area contributed by atoms with Crippen molar-refractivity contribution in [3.05, 3.63) is 175 Å². The zero-order valence-corrected chi connectivity index (χ0v) is 39.6. The predicted molar refractivity (Wildman–Crippen MR) is 277 cm³/mol. The molecular weight excluding hydrogens is 891 g/mol. The molecule has 0 fully saturated rings. The third-order valence-corrected chi connectivity index (χ3v) is 16.6. The normalized spacial score (nSPS) is 13.8. The summed E-state index contributed by atoms with van der Waals surface area (Å²) in [6, 6.07) is 45.3. The summed E-state index contributed by atoms with van der Waals surface area (Å²) in [6.07, 6.45) is 6.46. The average Bonchev–Trinajstić information content (AvgIpc) is 3.96.